The Morgan fingerprint density at radius 1 is 1.20 bits per heavy atom. The number of hydrogen-bond acceptors (Lipinski definition) is 6. The lowest BCUT2D eigenvalue weighted by atomic mass is 9.82. The van der Waals surface area contributed by atoms with Crippen LogP contribution in [0.2, 0.25) is 4.34 Å². The smallest absolute Gasteiger partial charge is 0.415 e. The van der Waals surface area contributed by atoms with Gasteiger partial charge >= 0.3 is 6.09 Å². The molecule has 5 rings (SSSR count). The van der Waals surface area contributed by atoms with E-state index in [-0.39, 0.29) is 29.6 Å². The van der Waals surface area contributed by atoms with Crippen molar-refractivity contribution in [1.82, 2.24) is 0 Å². The van der Waals surface area contributed by atoms with E-state index in [9.17, 15) is 14.4 Å². The zero-order chi connectivity index (χ0) is 25.9. The van der Waals surface area contributed by atoms with Gasteiger partial charge in [-0.1, -0.05) is 39.3 Å². The minimum absolute atomic E-state index is 0.0565. The van der Waals surface area contributed by atoms with Crippen molar-refractivity contribution in [3.63, 3.8) is 0 Å². The van der Waals surface area contributed by atoms with E-state index in [1.165, 1.54) is 11.3 Å². The topological polar surface area (TPSA) is 102 Å². The Morgan fingerprint density at radius 3 is 2.49 bits per heavy atom. The van der Waals surface area contributed by atoms with E-state index in [4.69, 9.17) is 26.8 Å². The maximum absolute atomic E-state index is 12.5. The number of fused-ring (bicyclic) bond motifs is 3. The van der Waals surface area contributed by atoms with Crippen LogP contribution >= 0.6 is 22.9 Å². The largest absolute Gasteiger partial charge is 0.489 e. The summed E-state index contributed by atoms with van der Waals surface area (Å²) in [6, 6.07) is 8.76. The van der Waals surface area contributed by atoms with E-state index >= 15 is 0 Å². The number of carbonyl (C=O) groups is 3. The monoisotopic (exact) mass is 521 g/mol. The van der Waals surface area contributed by atoms with Gasteiger partial charge in [-0.3, -0.25) is 14.5 Å². The quantitative estimate of drug-likeness (QED) is 0.564. The lowest BCUT2D eigenvalue weighted by molar-refractivity contribution is -0.122. The zero-order valence-corrected chi connectivity index (χ0v) is 22.2. The summed E-state index contributed by atoms with van der Waals surface area (Å²) in [5.41, 5.74) is 6.54. The Labute approximate surface area is 214 Å². The van der Waals surface area contributed by atoms with E-state index < -0.39 is 5.91 Å². The summed E-state index contributed by atoms with van der Waals surface area (Å²) in [7, 11) is 0. The van der Waals surface area contributed by atoms with Gasteiger partial charge in [0.1, 0.15) is 24.5 Å². The number of cyclic esters (lactones) is 1. The third kappa shape index (κ3) is 5.90. The van der Waals surface area contributed by atoms with Crippen molar-refractivity contribution in [2.45, 2.75) is 59.6 Å². The first-order valence-electron chi connectivity index (χ1n) is 11.7. The molecule has 2 N–H and O–H groups in total. The lowest BCUT2D eigenvalue weighted by Gasteiger charge is -2.37. The van der Waals surface area contributed by atoms with E-state index in [1.807, 2.05) is 43.9 Å². The van der Waals surface area contributed by atoms with Crippen LogP contribution in [0.15, 0.2) is 30.3 Å². The van der Waals surface area contributed by atoms with Gasteiger partial charge in [-0.2, -0.15) is 0 Å². The van der Waals surface area contributed by atoms with Crippen LogP contribution in [0.3, 0.4) is 0 Å². The summed E-state index contributed by atoms with van der Waals surface area (Å²) in [5.74, 6) is 0.341. The minimum atomic E-state index is -0.424. The van der Waals surface area contributed by atoms with Gasteiger partial charge in [-0.25, -0.2) is 4.79 Å². The van der Waals surface area contributed by atoms with Gasteiger partial charge in [-0.15, -0.1) is 11.3 Å². The Balaban J connectivity index is 0.000000262. The number of rotatable bonds is 2. The zero-order valence-electron chi connectivity index (χ0n) is 20.7. The summed E-state index contributed by atoms with van der Waals surface area (Å²) in [4.78, 5) is 38.9. The molecule has 0 bridgehead atoms. The van der Waals surface area contributed by atoms with Crippen molar-refractivity contribution in [3.05, 3.63) is 39.5 Å². The van der Waals surface area contributed by atoms with E-state index in [0.717, 1.165) is 12.1 Å². The fourth-order valence-electron chi connectivity index (χ4n) is 4.14. The van der Waals surface area contributed by atoms with Crippen LogP contribution in [-0.4, -0.2) is 43.2 Å². The molecule has 1 unspecified atom stereocenters. The van der Waals surface area contributed by atoms with E-state index in [0.29, 0.717) is 40.2 Å². The molecule has 3 aliphatic rings. The number of benzene rings is 1. The molecule has 2 atom stereocenters. The second-order valence-electron chi connectivity index (χ2n) is 9.09. The number of nitrogens with zero attached hydrogens (tertiary/aromatic N) is 2. The van der Waals surface area contributed by atoms with Crippen LogP contribution in [0.5, 0.6) is 5.75 Å². The van der Waals surface area contributed by atoms with Crippen LogP contribution in [0.25, 0.3) is 0 Å². The molecule has 3 amide bonds. The highest BCUT2D eigenvalue weighted by Crippen LogP contribution is 2.42. The Kier molecular flexibility index (Phi) is 8.33. The van der Waals surface area contributed by atoms with Gasteiger partial charge in [0.2, 0.25) is 5.91 Å². The molecule has 2 fully saturated rings. The molecule has 3 aliphatic heterocycles. The normalized spacial score (nSPS) is 21.9. The molecule has 0 spiro atoms. The SMILES string of the molecule is CC.C[C@@H]1OC(=O)N2c3ccc(N4CCC(C)(C)CC4=O)cc3OCC12.NC(=O)c1ccc(Cl)s1. The molecule has 4 heterocycles. The molecule has 1 aromatic carbocycles. The van der Waals surface area contributed by atoms with E-state index in [2.05, 4.69) is 13.8 Å². The van der Waals surface area contributed by atoms with Crippen molar-refractivity contribution in [2.24, 2.45) is 11.1 Å². The highest BCUT2D eigenvalue weighted by Gasteiger charge is 2.44. The molecule has 190 valence electrons. The van der Waals surface area contributed by atoms with Gasteiger partial charge in [0, 0.05) is 24.7 Å². The number of ether oxygens (including phenoxy) is 2. The predicted molar refractivity (Wildman–Crippen MR) is 139 cm³/mol. The summed E-state index contributed by atoms with van der Waals surface area (Å²) in [6.07, 6.45) is 0.995. The lowest BCUT2D eigenvalue weighted by Crippen LogP contribution is -2.44. The third-order valence-corrected chi connectivity index (χ3v) is 7.29. The predicted octanol–water partition coefficient (Wildman–Crippen LogP) is 5.47. The van der Waals surface area contributed by atoms with Gasteiger partial charge in [-0.05, 0) is 43.0 Å². The summed E-state index contributed by atoms with van der Waals surface area (Å²) >= 11 is 6.70. The standard InChI is InChI=1S/C18H22N2O4.C5H4ClNOS.C2H6/c1-11-14-10-23-15-8-12(4-5-13(15)20(14)17(22)24-11)19-7-6-18(2,3)9-16(19)21;6-4-2-1-3(9-4)5(7)8;1-2/h4-5,8,11,14H,6-7,9-10H2,1-3H3;1-2H,(H2,7,8);1-2H3/t11-,14?;;/m0../s1. The Hall–Kier alpha value is -2.78. The second kappa shape index (κ2) is 10.9. The third-order valence-electron chi connectivity index (χ3n) is 6.04. The van der Waals surface area contributed by atoms with Crippen LogP contribution in [0, 0.1) is 5.41 Å². The molecule has 2 aromatic rings. The molecule has 0 radical (unpaired) electrons. The van der Waals surface area contributed by atoms with E-state index in [1.54, 1.807) is 17.0 Å². The van der Waals surface area contributed by atoms with Crippen molar-refractivity contribution in [3.8, 4) is 5.75 Å². The fourth-order valence-corrected chi connectivity index (χ4v) is 5.03. The number of thiophene rings is 1. The van der Waals surface area contributed by atoms with Gasteiger partial charge in [0.15, 0.2) is 0 Å². The first-order valence-corrected chi connectivity index (χ1v) is 12.9. The number of amides is 3. The average Bonchev–Trinajstić information content (AvgIpc) is 3.37. The van der Waals surface area contributed by atoms with Crippen LogP contribution in [0.1, 0.15) is 57.1 Å². The number of nitrogens with two attached hydrogens (primary N) is 1. The molecular weight excluding hydrogens is 490 g/mol. The summed E-state index contributed by atoms with van der Waals surface area (Å²) < 4.78 is 11.7. The Morgan fingerprint density at radius 2 is 1.91 bits per heavy atom. The van der Waals surface area contributed by atoms with Crippen molar-refractivity contribution >= 4 is 52.2 Å². The van der Waals surface area contributed by atoms with Crippen molar-refractivity contribution < 1.29 is 23.9 Å². The molecule has 0 aliphatic carbocycles. The maximum Gasteiger partial charge on any atom is 0.415 e. The van der Waals surface area contributed by atoms with Gasteiger partial charge < -0.3 is 20.1 Å². The minimum Gasteiger partial charge on any atom is -0.489 e. The van der Waals surface area contributed by atoms with Crippen LogP contribution in [-0.2, 0) is 9.53 Å². The first kappa shape index (κ1) is 26.8. The molecule has 35 heavy (non-hydrogen) atoms. The van der Waals surface area contributed by atoms with Gasteiger partial charge in [0.05, 0.1) is 14.9 Å². The van der Waals surface area contributed by atoms with Crippen molar-refractivity contribution in [1.29, 1.82) is 0 Å². The maximum atomic E-state index is 12.5. The van der Waals surface area contributed by atoms with Crippen LogP contribution < -0.4 is 20.3 Å². The number of primary amides is 1. The molecule has 0 saturated carbocycles. The number of piperidine rings is 1. The number of anilines is 2. The fraction of sp³-hybridized carbons (Fsp3) is 0.480. The second-order valence-corrected chi connectivity index (χ2v) is 10.8. The first-order chi connectivity index (χ1) is 16.6. The number of halogens is 1. The van der Waals surface area contributed by atoms with Crippen molar-refractivity contribution in [2.75, 3.05) is 23.0 Å². The highest BCUT2D eigenvalue weighted by atomic mass is 35.5. The molecule has 2 saturated heterocycles. The molecular formula is C25H32ClN3O5S. The average molecular weight is 522 g/mol. The summed E-state index contributed by atoms with van der Waals surface area (Å²) in [5, 5.41) is 0. The number of carbonyl (C=O) groups excluding carboxylic acids is 3. The summed E-state index contributed by atoms with van der Waals surface area (Å²) in [6.45, 7) is 11.2. The molecule has 10 heteroatoms. The Bertz CT molecular complexity index is 1100. The number of hydrogen-bond donors (Lipinski definition) is 1. The highest BCUT2D eigenvalue weighted by molar-refractivity contribution is 7.17. The van der Waals surface area contributed by atoms with Crippen LogP contribution in [0.4, 0.5) is 16.2 Å². The van der Waals surface area contributed by atoms with Gasteiger partial charge in [0.25, 0.3) is 5.91 Å². The molecule has 1 aromatic heterocycles. The molecule has 8 nitrogen and oxygen atoms in total.